The number of carbonyl (C=O) groups is 1. The van der Waals surface area contributed by atoms with Crippen molar-refractivity contribution in [3.05, 3.63) is 12.2 Å². The van der Waals surface area contributed by atoms with Crippen molar-refractivity contribution in [1.29, 1.82) is 0 Å². The zero-order valence-electron chi connectivity index (χ0n) is 13.1. The molecule has 0 heterocycles. The lowest BCUT2D eigenvalue weighted by atomic mass is 9.96. The van der Waals surface area contributed by atoms with Gasteiger partial charge in [-0.2, -0.15) is 0 Å². The zero-order valence-corrected chi connectivity index (χ0v) is 13.1. The second kappa shape index (κ2) is 7.53. The van der Waals surface area contributed by atoms with Crippen LogP contribution in [0.5, 0.6) is 0 Å². The molecule has 4 heteroatoms. The maximum atomic E-state index is 11.8. The minimum absolute atomic E-state index is 0.352. The lowest BCUT2D eigenvalue weighted by molar-refractivity contribution is 0.0440. The molecule has 2 atom stereocenters. The highest BCUT2D eigenvalue weighted by Gasteiger charge is 2.24. The molecule has 0 saturated carbocycles. The van der Waals surface area contributed by atoms with Gasteiger partial charge in [-0.3, -0.25) is 0 Å². The van der Waals surface area contributed by atoms with Crippen LogP contribution in [-0.2, 0) is 4.74 Å². The van der Waals surface area contributed by atoms with Crippen molar-refractivity contribution in [1.82, 2.24) is 5.32 Å². The molecule has 0 radical (unpaired) electrons. The molecule has 0 aromatic carbocycles. The maximum Gasteiger partial charge on any atom is 0.407 e. The largest absolute Gasteiger partial charge is 0.444 e. The van der Waals surface area contributed by atoms with Crippen LogP contribution < -0.4 is 5.32 Å². The SMILES string of the molecule is C=C(C)[C@@H](O)[C@H](CCC(C)C)NC(=O)OC(C)(C)C. The molecule has 0 spiro atoms. The molecule has 19 heavy (non-hydrogen) atoms. The van der Waals surface area contributed by atoms with Gasteiger partial charge < -0.3 is 15.2 Å². The van der Waals surface area contributed by atoms with Crippen LogP contribution in [0, 0.1) is 5.92 Å². The molecular formula is C15H29NO3. The van der Waals surface area contributed by atoms with Gasteiger partial charge in [-0.1, -0.05) is 26.0 Å². The van der Waals surface area contributed by atoms with E-state index in [9.17, 15) is 9.90 Å². The summed E-state index contributed by atoms with van der Waals surface area (Å²) in [5, 5.41) is 12.8. The summed E-state index contributed by atoms with van der Waals surface area (Å²) in [4.78, 5) is 11.8. The van der Waals surface area contributed by atoms with E-state index in [-0.39, 0.29) is 6.04 Å². The number of aliphatic hydroxyl groups is 1. The van der Waals surface area contributed by atoms with Crippen molar-refractivity contribution in [2.75, 3.05) is 0 Å². The second-order valence-corrected chi connectivity index (χ2v) is 6.52. The Morgan fingerprint density at radius 1 is 1.32 bits per heavy atom. The van der Waals surface area contributed by atoms with Gasteiger partial charge in [0.2, 0.25) is 0 Å². The van der Waals surface area contributed by atoms with Crippen LogP contribution in [0.15, 0.2) is 12.2 Å². The minimum Gasteiger partial charge on any atom is -0.444 e. The Morgan fingerprint density at radius 2 is 1.84 bits per heavy atom. The van der Waals surface area contributed by atoms with Gasteiger partial charge in [-0.05, 0) is 46.5 Å². The van der Waals surface area contributed by atoms with E-state index >= 15 is 0 Å². The van der Waals surface area contributed by atoms with E-state index < -0.39 is 17.8 Å². The van der Waals surface area contributed by atoms with Crippen LogP contribution >= 0.6 is 0 Å². The first-order valence-corrected chi connectivity index (χ1v) is 6.86. The fourth-order valence-corrected chi connectivity index (χ4v) is 1.62. The highest BCUT2D eigenvalue weighted by atomic mass is 16.6. The number of hydrogen-bond acceptors (Lipinski definition) is 3. The first-order chi connectivity index (χ1) is 8.53. The highest BCUT2D eigenvalue weighted by molar-refractivity contribution is 5.68. The number of aliphatic hydroxyl groups excluding tert-OH is 1. The molecule has 2 N–H and O–H groups in total. The maximum absolute atomic E-state index is 11.8. The Labute approximate surface area is 117 Å². The van der Waals surface area contributed by atoms with Crippen LogP contribution in [-0.4, -0.2) is 28.9 Å². The second-order valence-electron chi connectivity index (χ2n) is 6.52. The van der Waals surface area contributed by atoms with E-state index in [1.165, 1.54) is 0 Å². The molecule has 0 aromatic rings. The Morgan fingerprint density at radius 3 is 2.21 bits per heavy atom. The summed E-state index contributed by atoms with van der Waals surface area (Å²) >= 11 is 0. The number of rotatable bonds is 6. The first kappa shape index (κ1) is 18.0. The lowest BCUT2D eigenvalue weighted by Crippen LogP contribution is -2.45. The van der Waals surface area contributed by atoms with Crippen molar-refractivity contribution in [3.8, 4) is 0 Å². The minimum atomic E-state index is -0.744. The summed E-state index contributed by atoms with van der Waals surface area (Å²) in [6.07, 6.45) is 0.378. The van der Waals surface area contributed by atoms with E-state index in [4.69, 9.17) is 4.74 Å². The van der Waals surface area contributed by atoms with Crippen LogP contribution in [0.3, 0.4) is 0 Å². The molecule has 0 fully saturated rings. The van der Waals surface area contributed by atoms with Gasteiger partial charge in [0.05, 0.1) is 12.1 Å². The Balaban J connectivity index is 4.57. The number of nitrogens with one attached hydrogen (secondary N) is 1. The highest BCUT2D eigenvalue weighted by Crippen LogP contribution is 2.15. The molecule has 1 amide bonds. The van der Waals surface area contributed by atoms with Gasteiger partial charge in [0.25, 0.3) is 0 Å². The van der Waals surface area contributed by atoms with Gasteiger partial charge in [0, 0.05) is 0 Å². The summed E-state index contributed by atoms with van der Waals surface area (Å²) < 4.78 is 5.21. The Kier molecular flexibility index (Phi) is 7.12. The summed E-state index contributed by atoms with van der Waals surface area (Å²) in [6, 6.07) is -0.352. The number of ether oxygens (including phenoxy) is 1. The Bertz CT molecular complexity index is 305. The van der Waals surface area contributed by atoms with E-state index in [1.54, 1.807) is 6.92 Å². The predicted molar refractivity (Wildman–Crippen MR) is 78.1 cm³/mol. The van der Waals surface area contributed by atoms with Gasteiger partial charge in [0.15, 0.2) is 0 Å². The van der Waals surface area contributed by atoms with E-state index in [1.807, 2.05) is 20.8 Å². The molecule has 0 aliphatic rings. The van der Waals surface area contributed by atoms with Gasteiger partial charge in [-0.15, -0.1) is 0 Å². The van der Waals surface area contributed by atoms with Gasteiger partial charge >= 0.3 is 6.09 Å². The smallest absolute Gasteiger partial charge is 0.407 e. The van der Waals surface area contributed by atoms with Crippen molar-refractivity contribution in [2.24, 2.45) is 5.92 Å². The van der Waals surface area contributed by atoms with E-state index in [2.05, 4.69) is 25.7 Å². The summed E-state index contributed by atoms with van der Waals surface area (Å²) in [6.45, 7) is 15.1. The average Bonchev–Trinajstić information content (AvgIpc) is 2.20. The summed E-state index contributed by atoms with van der Waals surface area (Å²) in [7, 11) is 0. The van der Waals surface area contributed by atoms with Crippen LogP contribution in [0.25, 0.3) is 0 Å². The molecule has 4 nitrogen and oxygen atoms in total. The topological polar surface area (TPSA) is 58.6 Å². The van der Waals surface area contributed by atoms with E-state index in [0.717, 1.165) is 6.42 Å². The molecule has 112 valence electrons. The van der Waals surface area contributed by atoms with Crippen molar-refractivity contribution in [2.45, 2.75) is 72.1 Å². The molecular weight excluding hydrogens is 242 g/mol. The fraction of sp³-hybridized carbons (Fsp3) is 0.800. The first-order valence-electron chi connectivity index (χ1n) is 6.86. The Hall–Kier alpha value is -1.03. The number of alkyl carbamates (subject to hydrolysis) is 1. The molecule has 0 aromatic heterocycles. The third kappa shape index (κ3) is 8.65. The van der Waals surface area contributed by atoms with E-state index in [0.29, 0.717) is 17.9 Å². The molecule has 0 rings (SSSR count). The number of amides is 1. The standard InChI is InChI=1S/C15H29NO3/c1-10(2)8-9-12(13(17)11(3)4)16-14(18)19-15(5,6)7/h10,12-13,17H,3,8-9H2,1-2,4-7H3,(H,16,18)/t12-,13+/m0/s1. The third-order valence-corrected chi connectivity index (χ3v) is 2.64. The molecule has 0 saturated heterocycles. The van der Waals surface area contributed by atoms with Crippen LogP contribution in [0.4, 0.5) is 4.79 Å². The quantitative estimate of drug-likeness (QED) is 0.729. The van der Waals surface area contributed by atoms with Gasteiger partial charge in [-0.25, -0.2) is 4.79 Å². The molecule has 0 aliphatic heterocycles. The lowest BCUT2D eigenvalue weighted by Gasteiger charge is -2.27. The van der Waals surface area contributed by atoms with Crippen molar-refractivity contribution in [3.63, 3.8) is 0 Å². The van der Waals surface area contributed by atoms with Crippen molar-refractivity contribution >= 4 is 6.09 Å². The predicted octanol–water partition coefficient (Wildman–Crippen LogP) is 3.25. The summed E-state index contributed by atoms with van der Waals surface area (Å²) in [5.74, 6) is 0.514. The monoisotopic (exact) mass is 271 g/mol. The number of carbonyl (C=O) groups excluding carboxylic acids is 1. The fourth-order valence-electron chi connectivity index (χ4n) is 1.62. The van der Waals surface area contributed by atoms with Gasteiger partial charge in [0.1, 0.15) is 5.60 Å². The number of hydrogen-bond donors (Lipinski definition) is 2. The molecule has 0 unspecified atom stereocenters. The van der Waals surface area contributed by atoms with Crippen molar-refractivity contribution < 1.29 is 14.6 Å². The average molecular weight is 271 g/mol. The zero-order chi connectivity index (χ0) is 15.2. The third-order valence-electron chi connectivity index (χ3n) is 2.64. The molecule has 0 bridgehead atoms. The van der Waals surface area contributed by atoms with Crippen LogP contribution in [0.2, 0.25) is 0 Å². The summed E-state index contributed by atoms with van der Waals surface area (Å²) in [5.41, 5.74) is 0.103. The normalized spacial score (nSPS) is 14.9. The molecule has 0 aliphatic carbocycles. The van der Waals surface area contributed by atoms with Crippen LogP contribution in [0.1, 0.15) is 54.4 Å².